The average Bonchev–Trinajstić information content (AvgIpc) is 3.37. The highest BCUT2D eigenvalue weighted by Crippen LogP contribution is 2.52. The maximum atomic E-state index is 6.09. The van der Waals surface area contributed by atoms with Gasteiger partial charge in [-0.15, -0.1) is 0 Å². The van der Waals surface area contributed by atoms with Gasteiger partial charge in [-0.1, -0.05) is 86.6 Å². The zero-order chi connectivity index (χ0) is 23.6. The Kier molecular flexibility index (Phi) is 4.22. The highest BCUT2D eigenvalue weighted by molar-refractivity contribution is 6.05. The molecule has 7 rings (SSSR count). The molecule has 1 aliphatic carbocycles. The number of benzene rings is 5. The van der Waals surface area contributed by atoms with E-state index >= 15 is 0 Å². The van der Waals surface area contributed by atoms with Crippen LogP contribution < -0.4 is 5.32 Å². The molecule has 1 aliphatic rings. The van der Waals surface area contributed by atoms with Crippen molar-refractivity contribution in [1.82, 2.24) is 0 Å². The Morgan fingerprint density at radius 2 is 1.29 bits per heavy atom. The highest BCUT2D eigenvalue weighted by Gasteiger charge is 2.37. The Balaban J connectivity index is 1.28. The second kappa shape index (κ2) is 7.35. The van der Waals surface area contributed by atoms with Gasteiger partial charge < -0.3 is 9.73 Å². The van der Waals surface area contributed by atoms with E-state index in [0.29, 0.717) is 0 Å². The van der Waals surface area contributed by atoms with Crippen LogP contribution in [0.1, 0.15) is 25.0 Å². The fraction of sp³-hybridized carbons (Fsp3) is 0.0909. The zero-order valence-electron chi connectivity index (χ0n) is 19.8. The standard InChI is InChI=1S/C33H25NO/c1-33(2)29-15-5-3-11-25(29)28-14-8-13-24(32(28)33)21-9-7-10-22(19-21)34-23-17-18-27-26-12-4-6-16-30(26)35-31(27)20-23/h3-20,34H,1-2H3. The molecule has 168 valence electrons. The first-order chi connectivity index (χ1) is 17.1. The number of nitrogens with one attached hydrogen (secondary N) is 1. The first-order valence-electron chi connectivity index (χ1n) is 12.1. The minimum Gasteiger partial charge on any atom is -0.456 e. The van der Waals surface area contributed by atoms with Gasteiger partial charge in [-0.05, 0) is 63.7 Å². The number of hydrogen-bond acceptors (Lipinski definition) is 2. The van der Waals surface area contributed by atoms with Crippen molar-refractivity contribution in [3.63, 3.8) is 0 Å². The van der Waals surface area contributed by atoms with Crippen molar-refractivity contribution >= 4 is 33.3 Å². The maximum absolute atomic E-state index is 6.09. The van der Waals surface area contributed by atoms with Crippen LogP contribution in [0, 0.1) is 0 Å². The molecule has 0 atom stereocenters. The molecule has 5 aromatic carbocycles. The lowest BCUT2D eigenvalue weighted by molar-refractivity contribution is 0.662. The lowest BCUT2D eigenvalue weighted by Gasteiger charge is -2.24. The molecule has 2 heteroatoms. The molecule has 0 aliphatic heterocycles. The molecule has 1 heterocycles. The molecule has 0 radical (unpaired) electrons. The molecular formula is C33H25NO. The molecule has 0 saturated carbocycles. The molecule has 0 fully saturated rings. The largest absolute Gasteiger partial charge is 0.456 e. The lowest BCUT2D eigenvalue weighted by Crippen LogP contribution is -2.16. The van der Waals surface area contributed by atoms with Gasteiger partial charge in [-0.25, -0.2) is 0 Å². The van der Waals surface area contributed by atoms with Crippen LogP contribution in [0.3, 0.4) is 0 Å². The summed E-state index contributed by atoms with van der Waals surface area (Å²) in [6.45, 7) is 4.68. The second-order valence-electron chi connectivity index (χ2n) is 9.91. The highest BCUT2D eigenvalue weighted by atomic mass is 16.3. The summed E-state index contributed by atoms with van der Waals surface area (Å²) in [6, 6.07) is 38.7. The van der Waals surface area contributed by atoms with Gasteiger partial charge in [-0.2, -0.15) is 0 Å². The Bertz CT molecular complexity index is 1750. The molecule has 0 bridgehead atoms. The molecule has 1 aromatic heterocycles. The quantitative estimate of drug-likeness (QED) is 0.290. The molecule has 0 spiro atoms. The molecule has 1 N–H and O–H groups in total. The van der Waals surface area contributed by atoms with E-state index in [-0.39, 0.29) is 5.41 Å². The summed E-state index contributed by atoms with van der Waals surface area (Å²) in [5, 5.41) is 5.89. The van der Waals surface area contributed by atoms with Crippen LogP contribution in [-0.4, -0.2) is 0 Å². The summed E-state index contributed by atoms with van der Waals surface area (Å²) in [5.74, 6) is 0. The number of anilines is 2. The molecular weight excluding hydrogens is 426 g/mol. The van der Waals surface area contributed by atoms with Crippen LogP contribution in [0.2, 0.25) is 0 Å². The number of furan rings is 1. The van der Waals surface area contributed by atoms with E-state index in [1.54, 1.807) is 0 Å². The minimum atomic E-state index is -0.0434. The summed E-state index contributed by atoms with van der Waals surface area (Å²) in [4.78, 5) is 0. The summed E-state index contributed by atoms with van der Waals surface area (Å²) < 4.78 is 6.09. The summed E-state index contributed by atoms with van der Waals surface area (Å²) in [7, 11) is 0. The van der Waals surface area contributed by atoms with Crippen LogP contribution in [0.25, 0.3) is 44.2 Å². The Labute approximate surface area is 204 Å². The van der Waals surface area contributed by atoms with Crippen molar-refractivity contribution in [1.29, 1.82) is 0 Å². The van der Waals surface area contributed by atoms with Gasteiger partial charge >= 0.3 is 0 Å². The molecule has 0 amide bonds. The van der Waals surface area contributed by atoms with Crippen LogP contribution in [0.15, 0.2) is 114 Å². The van der Waals surface area contributed by atoms with Gasteiger partial charge in [0.25, 0.3) is 0 Å². The number of fused-ring (bicyclic) bond motifs is 6. The van der Waals surface area contributed by atoms with Crippen LogP contribution in [-0.2, 0) is 5.41 Å². The average molecular weight is 452 g/mol. The van der Waals surface area contributed by atoms with Crippen LogP contribution in [0.5, 0.6) is 0 Å². The van der Waals surface area contributed by atoms with Gasteiger partial charge in [-0.3, -0.25) is 0 Å². The Morgan fingerprint density at radius 1 is 0.571 bits per heavy atom. The molecule has 0 saturated heterocycles. The first kappa shape index (κ1) is 20.1. The first-order valence-corrected chi connectivity index (χ1v) is 12.1. The van der Waals surface area contributed by atoms with Crippen molar-refractivity contribution in [3.05, 3.63) is 120 Å². The van der Waals surface area contributed by atoms with E-state index < -0.39 is 0 Å². The van der Waals surface area contributed by atoms with Crippen molar-refractivity contribution in [3.8, 4) is 22.3 Å². The Morgan fingerprint density at radius 3 is 2.23 bits per heavy atom. The fourth-order valence-corrected chi connectivity index (χ4v) is 5.82. The third-order valence-corrected chi connectivity index (χ3v) is 7.42. The third-order valence-electron chi connectivity index (χ3n) is 7.42. The monoisotopic (exact) mass is 451 g/mol. The van der Waals surface area contributed by atoms with E-state index in [4.69, 9.17) is 4.42 Å². The van der Waals surface area contributed by atoms with Crippen molar-refractivity contribution in [2.75, 3.05) is 5.32 Å². The van der Waals surface area contributed by atoms with Gasteiger partial charge in [0.15, 0.2) is 0 Å². The maximum Gasteiger partial charge on any atom is 0.137 e. The van der Waals surface area contributed by atoms with Crippen LogP contribution >= 0.6 is 0 Å². The van der Waals surface area contributed by atoms with Gasteiger partial charge in [0.2, 0.25) is 0 Å². The van der Waals surface area contributed by atoms with Crippen molar-refractivity contribution in [2.45, 2.75) is 19.3 Å². The van der Waals surface area contributed by atoms with E-state index in [2.05, 4.69) is 116 Å². The minimum absolute atomic E-state index is 0.0434. The van der Waals surface area contributed by atoms with E-state index in [1.165, 1.54) is 33.4 Å². The zero-order valence-corrected chi connectivity index (χ0v) is 19.8. The van der Waals surface area contributed by atoms with Crippen molar-refractivity contribution in [2.24, 2.45) is 0 Å². The fourth-order valence-electron chi connectivity index (χ4n) is 5.82. The van der Waals surface area contributed by atoms with Gasteiger partial charge in [0.1, 0.15) is 11.2 Å². The second-order valence-corrected chi connectivity index (χ2v) is 9.91. The summed E-state index contributed by atoms with van der Waals surface area (Å²) in [5.41, 5.74) is 11.9. The molecule has 0 unspecified atom stereocenters. The van der Waals surface area contributed by atoms with E-state index in [9.17, 15) is 0 Å². The third kappa shape index (κ3) is 3.03. The molecule has 6 aromatic rings. The topological polar surface area (TPSA) is 25.2 Å². The predicted octanol–water partition coefficient (Wildman–Crippen LogP) is 9.30. The predicted molar refractivity (Wildman–Crippen MR) is 146 cm³/mol. The number of hydrogen-bond donors (Lipinski definition) is 1. The Hall–Kier alpha value is -4.30. The SMILES string of the molecule is CC1(C)c2ccccc2-c2cccc(-c3cccc(Nc4ccc5c(c4)oc4ccccc45)c3)c21. The number of para-hydroxylation sites is 1. The van der Waals surface area contributed by atoms with E-state index in [0.717, 1.165) is 33.3 Å². The summed E-state index contributed by atoms with van der Waals surface area (Å²) in [6.07, 6.45) is 0. The van der Waals surface area contributed by atoms with Crippen molar-refractivity contribution < 1.29 is 4.42 Å². The van der Waals surface area contributed by atoms with Gasteiger partial charge in [0.05, 0.1) is 0 Å². The molecule has 2 nitrogen and oxygen atoms in total. The van der Waals surface area contributed by atoms with Crippen LogP contribution in [0.4, 0.5) is 11.4 Å². The smallest absolute Gasteiger partial charge is 0.137 e. The molecule has 35 heavy (non-hydrogen) atoms. The number of rotatable bonds is 3. The van der Waals surface area contributed by atoms with Gasteiger partial charge in [0, 0.05) is 33.6 Å². The normalized spacial score (nSPS) is 13.7. The summed E-state index contributed by atoms with van der Waals surface area (Å²) >= 11 is 0. The van der Waals surface area contributed by atoms with E-state index in [1.807, 2.05) is 12.1 Å². The lowest BCUT2D eigenvalue weighted by atomic mass is 9.79.